The zero-order valence-corrected chi connectivity index (χ0v) is 7.64. The molecule has 0 fully saturated rings. The summed E-state index contributed by atoms with van der Waals surface area (Å²) >= 11 is 0. The SMILES string of the molecule is Cc1ccc(C(N)=O)c(C)c1C. The number of aryl methyl sites for hydroxylation is 1. The highest BCUT2D eigenvalue weighted by Gasteiger charge is 2.07. The molecule has 0 spiro atoms. The summed E-state index contributed by atoms with van der Waals surface area (Å²) in [6.45, 7) is 5.94. The number of amides is 1. The molecule has 64 valence electrons. The van der Waals surface area contributed by atoms with Crippen LogP contribution in [0.4, 0.5) is 0 Å². The highest BCUT2D eigenvalue weighted by atomic mass is 16.1. The van der Waals surface area contributed by atoms with E-state index in [1.807, 2.05) is 26.8 Å². The number of rotatable bonds is 1. The van der Waals surface area contributed by atoms with Gasteiger partial charge >= 0.3 is 0 Å². The zero-order chi connectivity index (χ0) is 9.30. The predicted octanol–water partition coefficient (Wildman–Crippen LogP) is 1.71. The van der Waals surface area contributed by atoms with Crippen molar-refractivity contribution in [3.8, 4) is 0 Å². The lowest BCUT2D eigenvalue weighted by atomic mass is 9.99. The van der Waals surface area contributed by atoms with E-state index in [0.717, 1.165) is 11.1 Å². The molecule has 0 aliphatic rings. The lowest BCUT2D eigenvalue weighted by Gasteiger charge is -2.07. The van der Waals surface area contributed by atoms with Crippen molar-refractivity contribution >= 4 is 5.91 Å². The molecule has 2 heteroatoms. The van der Waals surface area contributed by atoms with Crippen molar-refractivity contribution in [3.05, 3.63) is 34.4 Å². The Morgan fingerprint density at radius 2 is 1.75 bits per heavy atom. The Morgan fingerprint density at radius 3 is 2.25 bits per heavy atom. The van der Waals surface area contributed by atoms with Gasteiger partial charge in [-0.15, -0.1) is 0 Å². The molecule has 0 radical (unpaired) electrons. The van der Waals surface area contributed by atoms with E-state index in [1.54, 1.807) is 6.07 Å². The van der Waals surface area contributed by atoms with E-state index in [9.17, 15) is 4.79 Å². The van der Waals surface area contributed by atoms with Crippen LogP contribution in [-0.4, -0.2) is 5.91 Å². The third-order valence-electron chi connectivity index (χ3n) is 2.32. The molecule has 0 aromatic heterocycles. The van der Waals surface area contributed by atoms with E-state index < -0.39 is 0 Å². The minimum absolute atomic E-state index is 0.351. The van der Waals surface area contributed by atoms with Gasteiger partial charge in [-0.2, -0.15) is 0 Å². The van der Waals surface area contributed by atoms with Crippen molar-refractivity contribution in [2.75, 3.05) is 0 Å². The topological polar surface area (TPSA) is 43.1 Å². The van der Waals surface area contributed by atoms with E-state index >= 15 is 0 Å². The summed E-state index contributed by atoms with van der Waals surface area (Å²) in [6.07, 6.45) is 0. The number of carbonyl (C=O) groups is 1. The van der Waals surface area contributed by atoms with Crippen molar-refractivity contribution in [1.29, 1.82) is 0 Å². The molecule has 0 aliphatic carbocycles. The van der Waals surface area contributed by atoms with Gasteiger partial charge in [0, 0.05) is 5.56 Å². The van der Waals surface area contributed by atoms with Crippen LogP contribution in [0.15, 0.2) is 12.1 Å². The van der Waals surface area contributed by atoms with Gasteiger partial charge in [-0.25, -0.2) is 0 Å². The second-order valence-corrected chi connectivity index (χ2v) is 3.04. The summed E-state index contributed by atoms with van der Waals surface area (Å²) in [6, 6.07) is 3.70. The normalized spacial score (nSPS) is 9.92. The number of hydrogen-bond acceptors (Lipinski definition) is 1. The molecule has 1 rings (SSSR count). The van der Waals surface area contributed by atoms with Crippen LogP contribution in [0.3, 0.4) is 0 Å². The van der Waals surface area contributed by atoms with E-state index in [2.05, 4.69) is 0 Å². The second-order valence-electron chi connectivity index (χ2n) is 3.04. The summed E-state index contributed by atoms with van der Waals surface area (Å²) in [4.78, 5) is 10.9. The number of carbonyl (C=O) groups excluding carboxylic acids is 1. The molecule has 0 saturated heterocycles. The molecule has 12 heavy (non-hydrogen) atoms. The first-order chi connectivity index (χ1) is 5.54. The molecular weight excluding hydrogens is 150 g/mol. The summed E-state index contributed by atoms with van der Waals surface area (Å²) in [7, 11) is 0. The standard InChI is InChI=1S/C10H13NO/c1-6-4-5-9(10(11)12)8(3)7(6)2/h4-5H,1-3H3,(H2,11,12). The van der Waals surface area contributed by atoms with Gasteiger partial charge in [0.05, 0.1) is 0 Å². The van der Waals surface area contributed by atoms with Gasteiger partial charge in [0.15, 0.2) is 0 Å². The molecule has 1 aromatic carbocycles. The summed E-state index contributed by atoms with van der Waals surface area (Å²) < 4.78 is 0. The van der Waals surface area contributed by atoms with Crippen LogP contribution >= 0.6 is 0 Å². The number of nitrogens with two attached hydrogens (primary N) is 1. The van der Waals surface area contributed by atoms with Gasteiger partial charge in [-0.3, -0.25) is 4.79 Å². The largest absolute Gasteiger partial charge is 0.366 e. The Kier molecular flexibility index (Phi) is 2.18. The van der Waals surface area contributed by atoms with Crippen LogP contribution in [0.25, 0.3) is 0 Å². The molecule has 2 N–H and O–H groups in total. The number of primary amides is 1. The molecule has 2 nitrogen and oxygen atoms in total. The van der Waals surface area contributed by atoms with Crippen molar-refractivity contribution in [1.82, 2.24) is 0 Å². The fraction of sp³-hybridized carbons (Fsp3) is 0.300. The highest BCUT2D eigenvalue weighted by molar-refractivity contribution is 5.94. The molecule has 0 bridgehead atoms. The van der Waals surface area contributed by atoms with Crippen molar-refractivity contribution < 1.29 is 4.79 Å². The monoisotopic (exact) mass is 163 g/mol. The smallest absolute Gasteiger partial charge is 0.248 e. The Labute approximate surface area is 72.4 Å². The van der Waals surface area contributed by atoms with Crippen LogP contribution in [-0.2, 0) is 0 Å². The molecule has 1 amide bonds. The first-order valence-electron chi connectivity index (χ1n) is 3.90. The summed E-state index contributed by atoms with van der Waals surface area (Å²) in [5.74, 6) is -0.351. The molecule has 0 atom stereocenters. The molecule has 1 aromatic rings. The van der Waals surface area contributed by atoms with E-state index in [4.69, 9.17) is 5.73 Å². The molecule has 0 saturated carbocycles. The van der Waals surface area contributed by atoms with Gasteiger partial charge in [0.1, 0.15) is 0 Å². The summed E-state index contributed by atoms with van der Waals surface area (Å²) in [5.41, 5.74) is 9.14. The maximum atomic E-state index is 10.9. The van der Waals surface area contributed by atoms with Crippen molar-refractivity contribution in [3.63, 3.8) is 0 Å². The zero-order valence-electron chi connectivity index (χ0n) is 7.64. The minimum atomic E-state index is -0.351. The Hall–Kier alpha value is -1.31. The lowest BCUT2D eigenvalue weighted by Crippen LogP contribution is -2.13. The van der Waals surface area contributed by atoms with Gasteiger partial charge in [0.2, 0.25) is 5.91 Å². The Bertz CT molecular complexity index is 329. The highest BCUT2D eigenvalue weighted by Crippen LogP contribution is 2.16. The van der Waals surface area contributed by atoms with Gasteiger partial charge < -0.3 is 5.73 Å². The summed E-state index contributed by atoms with van der Waals surface area (Å²) in [5, 5.41) is 0. The average Bonchev–Trinajstić information content (AvgIpc) is 2.00. The predicted molar refractivity (Wildman–Crippen MR) is 49.2 cm³/mol. The van der Waals surface area contributed by atoms with Crippen LogP contribution < -0.4 is 5.73 Å². The third kappa shape index (κ3) is 1.33. The fourth-order valence-corrected chi connectivity index (χ4v) is 1.22. The molecule has 0 aliphatic heterocycles. The fourth-order valence-electron chi connectivity index (χ4n) is 1.22. The quantitative estimate of drug-likeness (QED) is 0.673. The third-order valence-corrected chi connectivity index (χ3v) is 2.32. The first kappa shape index (κ1) is 8.78. The van der Waals surface area contributed by atoms with Gasteiger partial charge in [-0.1, -0.05) is 6.07 Å². The Morgan fingerprint density at radius 1 is 1.17 bits per heavy atom. The second kappa shape index (κ2) is 2.97. The van der Waals surface area contributed by atoms with E-state index in [-0.39, 0.29) is 5.91 Å². The van der Waals surface area contributed by atoms with Crippen LogP contribution in [0.2, 0.25) is 0 Å². The minimum Gasteiger partial charge on any atom is -0.366 e. The first-order valence-corrected chi connectivity index (χ1v) is 3.90. The van der Waals surface area contributed by atoms with Crippen LogP contribution in [0, 0.1) is 20.8 Å². The van der Waals surface area contributed by atoms with Crippen LogP contribution in [0.5, 0.6) is 0 Å². The average molecular weight is 163 g/mol. The molecule has 0 unspecified atom stereocenters. The van der Waals surface area contributed by atoms with Gasteiger partial charge in [0.25, 0.3) is 0 Å². The number of benzene rings is 1. The lowest BCUT2D eigenvalue weighted by molar-refractivity contribution is 0.0999. The van der Waals surface area contributed by atoms with E-state index in [0.29, 0.717) is 5.56 Å². The maximum absolute atomic E-state index is 10.9. The maximum Gasteiger partial charge on any atom is 0.248 e. The van der Waals surface area contributed by atoms with Crippen molar-refractivity contribution in [2.24, 2.45) is 5.73 Å². The van der Waals surface area contributed by atoms with Gasteiger partial charge in [-0.05, 0) is 43.5 Å². The molecular formula is C10H13NO. The van der Waals surface area contributed by atoms with E-state index in [1.165, 1.54) is 5.56 Å². The number of hydrogen-bond donors (Lipinski definition) is 1. The molecule has 0 heterocycles. The van der Waals surface area contributed by atoms with Crippen LogP contribution in [0.1, 0.15) is 27.0 Å². The van der Waals surface area contributed by atoms with Crippen molar-refractivity contribution in [2.45, 2.75) is 20.8 Å². The Balaban J connectivity index is 3.36.